The van der Waals surface area contributed by atoms with Gasteiger partial charge >= 0.3 is 0 Å². The highest BCUT2D eigenvalue weighted by Gasteiger charge is 2.20. The molecule has 1 amide bonds. The van der Waals surface area contributed by atoms with Crippen LogP contribution in [0.5, 0.6) is 0 Å². The molecule has 1 fully saturated rings. The van der Waals surface area contributed by atoms with Crippen molar-refractivity contribution in [2.45, 2.75) is 38.3 Å². The van der Waals surface area contributed by atoms with Gasteiger partial charge in [0.1, 0.15) is 0 Å². The van der Waals surface area contributed by atoms with Gasteiger partial charge in [0, 0.05) is 51.2 Å². The summed E-state index contributed by atoms with van der Waals surface area (Å²) in [7, 11) is 3.87. The Labute approximate surface area is 161 Å². The zero-order valence-corrected chi connectivity index (χ0v) is 16.3. The van der Waals surface area contributed by atoms with E-state index < -0.39 is 0 Å². The van der Waals surface area contributed by atoms with Gasteiger partial charge in [-0.2, -0.15) is 0 Å². The van der Waals surface area contributed by atoms with Crippen molar-refractivity contribution >= 4 is 11.9 Å². The van der Waals surface area contributed by atoms with Crippen LogP contribution in [0.15, 0.2) is 42.7 Å². The van der Waals surface area contributed by atoms with Crippen LogP contribution in [-0.4, -0.2) is 54.0 Å². The molecule has 1 unspecified atom stereocenters. The van der Waals surface area contributed by atoms with Crippen molar-refractivity contribution in [1.29, 1.82) is 0 Å². The van der Waals surface area contributed by atoms with Crippen molar-refractivity contribution in [3.05, 3.63) is 53.9 Å². The number of anilines is 1. The second kappa shape index (κ2) is 9.46. The summed E-state index contributed by atoms with van der Waals surface area (Å²) in [5.74, 6) is 0.826. The number of likely N-dealkylation sites (tertiary alicyclic amines) is 1. The first-order chi connectivity index (χ1) is 13.1. The van der Waals surface area contributed by atoms with Gasteiger partial charge in [-0.3, -0.25) is 9.69 Å². The highest BCUT2D eigenvalue weighted by Crippen LogP contribution is 2.14. The number of benzene rings is 1. The lowest BCUT2D eigenvalue weighted by Crippen LogP contribution is -2.43. The van der Waals surface area contributed by atoms with E-state index in [9.17, 15) is 4.79 Å². The van der Waals surface area contributed by atoms with Gasteiger partial charge in [-0.05, 0) is 24.9 Å². The number of rotatable bonds is 6. The molecule has 6 nitrogen and oxygen atoms in total. The molecule has 1 saturated heterocycles. The fourth-order valence-electron chi connectivity index (χ4n) is 3.46. The molecular weight excluding hydrogens is 338 g/mol. The lowest BCUT2D eigenvalue weighted by Gasteiger charge is -2.25. The molecule has 0 spiro atoms. The molecule has 27 heavy (non-hydrogen) atoms. The van der Waals surface area contributed by atoms with Crippen molar-refractivity contribution in [2.24, 2.45) is 0 Å². The molecule has 1 aromatic heterocycles. The quantitative estimate of drug-likeness (QED) is 0.849. The highest BCUT2D eigenvalue weighted by atomic mass is 16.1. The molecule has 3 rings (SSSR count). The Morgan fingerprint density at radius 1 is 1.15 bits per heavy atom. The molecule has 1 aliphatic heterocycles. The van der Waals surface area contributed by atoms with Crippen molar-refractivity contribution in [3.8, 4) is 0 Å². The van der Waals surface area contributed by atoms with E-state index in [4.69, 9.17) is 0 Å². The molecule has 144 valence electrons. The summed E-state index contributed by atoms with van der Waals surface area (Å²) in [6.07, 6.45) is 7.57. The number of carbonyl (C=O) groups is 1. The fourth-order valence-corrected chi connectivity index (χ4v) is 3.46. The summed E-state index contributed by atoms with van der Waals surface area (Å²) in [4.78, 5) is 25.5. The Morgan fingerprint density at radius 3 is 2.59 bits per heavy atom. The number of amides is 1. The molecule has 6 heteroatoms. The van der Waals surface area contributed by atoms with E-state index >= 15 is 0 Å². The van der Waals surface area contributed by atoms with Crippen LogP contribution in [0.4, 0.5) is 5.95 Å². The molecule has 0 radical (unpaired) electrons. The molecule has 0 bridgehead atoms. The van der Waals surface area contributed by atoms with Gasteiger partial charge in [0.2, 0.25) is 11.9 Å². The maximum atomic E-state index is 12.4. The van der Waals surface area contributed by atoms with E-state index in [0.29, 0.717) is 6.42 Å². The summed E-state index contributed by atoms with van der Waals surface area (Å²) in [5, 5.41) is 3.23. The zero-order chi connectivity index (χ0) is 19.1. The normalized spacial score (nSPS) is 17.9. The third kappa shape index (κ3) is 6.03. The lowest BCUT2D eigenvalue weighted by atomic mass is 10.1. The fraction of sp³-hybridized carbons (Fsp3) is 0.476. The Balaban J connectivity index is 1.54. The number of carbonyl (C=O) groups excluding carboxylic acids is 1. The number of aromatic nitrogens is 2. The Bertz CT molecular complexity index is 717. The standard InChI is InChI=1S/C21H29N5O/c1-25(2)21-22-13-18(14-23-21)15-26-11-7-6-10-19(16-26)24-20(27)12-17-8-4-3-5-9-17/h3-5,8-9,13-14,19H,6-7,10-12,15-16H2,1-2H3,(H,24,27). The van der Waals surface area contributed by atoms with E-state index in [2.05, 4.69) is 20.2 Å². The molecule has 1 atom stereocenters. The molecule has 0 aliphatic carbocycles. The van der Waals surface area contributed by atoms with Crippen molar-refractivity contribution < 1.29 is 4.79 Å². The van der Waals surface area contributed by atoms with Crippen LogP contribution >= 0.6 is 0 Å². The number of hydrogen-bond acceptors (Lipinski definition) is 5. The second-order valence-corrected chi connectivity index (χ2v) is 7.44. The van der Waals surface area contributed by atoms with Crippen molar-refractivity contribution in [2.75, 3.05) is 32.1 Å². The minimum absolute atomic E-state index is 0.103. The number of nitrogens with one attached hydrogen (secondary N) is 1. The summed E-state index contributed by atoms with van der Waals surface area (Å²) in [6, 6.07) is 10.1. The first-order valence-electron chi connectivity index (χ1n) is 9.64. The third-order valence-electron chi connectivity index (χ3n) is 4.83. The summed E-state index contributed by atoms with van der Waals surface area (Å²) in [5.41, 5.74) is 2.16. The minimum Gasteiger partial charge on any atom is -0.352 e. The largest absolute Gasteiger partial charge is 0.352 e. The van der Waals surface area contributed by atoms with E-state index in [1.165, 1.54) is 0 Å². The van der Waals surface area contributed by atoms with Crippen LogP contribution in [0.1, 0.15) is 30.4 Å². The second-order valence-electron chi connectivity index (χ2n) is 7.44. The molecule has 2 aromatic rings. The first-order valence-corrected chi connectivity index (χ1v) is 9.64. The Morgan fingerprint density at radius 2 is 1.89 bits per heavy atom. The van der Waals surface area contributed by atoms with Crippen LogP contribution in [0.2, 0.25) is 0 Å². The topological polar surface area (TPSA) is 61.4 Å². The monoisotopic (exact) mass is 367 g/mol. The van der Waals surface area contributed by atoms with Crippen LogP contribution < -0.4 is 10.2 Å². The van der Waals surface area contributed by atoms with Crippen LogP contribution in [0.25, 0.3) is 0 Å². The third-order valence-corrected chi connectivity index (χ3v) is 4.83. The lowest BCUT2D eigenvalue weighted by molar-refractivity contribution is -0.121. The van der Waals surface area contributed by atoms with Gasteiger partial charge in [-0.25, -0.2) is 9.97 Å². The first kappa shape index (κ1) is 19.3. The van der Waals surface area contributed by atoms with Gasteiger partial charge in [0.15, 0.2) is 0 Å². The van der Waals surface area contributed by atoms with Gasteiger partial charge in [0.25, 0.3) is 0 Å². The molecular formula is C21H29N5O. The van der Waals surface area contributed by atoms with Gasteiger partial charge in [-0.15, -0.1) is 0 Å². The van der Waals surface area contributed by atoms with E-state index in [1.807, 2.05) is 61.7 Å². The van der Waals surface area contributed by atoms with Crippen molar-refractivity contribution in [1.82, 2.24) is 20.2 Å². The Hall–Kier alpha value is -2.47. The number of nitrogens with zero attached hydrogens (tertiary/aromatic N) is 4. The predicted molar refractivity (Wildman–Crippen MR) is 108 cm³/mol. The molecule has 1 N–H and O–H groups in total. The molecule has 0 saturated carbocycles. The average Bonchev–Trinajstić information content (AvgIpc) is 2.87. The van der Waals surface area contributed by atoms with Gasteiger partial charge < -0.3 is 10.2 Å². The van der Waals surface area contributed by atoms with Gasteiger partial charge in [-0.1, -0.05) is 36.8 Å². The molecule has 1 aromatic carbocycles. The van der Waals surface area contributed by atoms with Crippen LogP contribution in [0, 0.1) is 0 Å². The predicted octanol–water partition coefficient (Wildman–Crippen LogP) is 2.26. The van der Waals surface area contributed by atoms with Gasteiger partial charge in [0.05, 0.1) is 6.42 Å². The maximum Gasteiger partial charge on any atom is 0.224 e. The zero-order valence-electron chi connectivity index (χ0n) is 16.3. The van der Waals surface area contributed by atoms with E-state index in [-0.39, 0.29) is 11.9 Å². The Kier molecular flexibility index (Phi) is 6.76. The van der Waals surface area contributed by atoms with Crippen molar-refractivity contribution in [3.63, 3.8) is 0 Å². The molecule has 1 aliphatic rings. The average molecular weight is 367 g/mol. The SMILES string of the molecule is CN(C)c1ncc(CN2CCCCC(NC(=O)Cc3ccccc3)C2)cn1. The van der Waals surface area contributed by atoms with E-state index in [0.717, 1.165) is 56.0 Å². The number of hydrogen-bond donors (Lipinski definition) is 1. The smallest absolute Gasteiger partial charge is 0.224 e. The van der Waals surface area contributed by atoms with E-state index in [1.54, 1.807) is 0 Å². The minimum atomic E-state index is 0.103. The maximum absolute atomic E-state index is 12.4. The van der Waals surface area contributed by atoms with Crippen LogP contribution in [0.3, 0.4) is 0 Å². The summed E-state index contributed by atoms with van der Waals surface area (Å²) >= 11 is 0. The highest BCUT2D eigenvalue weighted by molar-refractivity contribution is 5.78. The van der Waals surface area contributed by atoms with Crippen LogP contribution in [-0.2, 0) is 17.8 Å². The summed E-state index contributed by atoms with van der Waals surface area (Å²) in [6.45, 7) is 2.73. The molecule has 2 heterocycles. The summed E-state index contributed by atoms with van der Waals surface area (Å²) < 4.78 is 0.